The summed E-state index contributed by atoms with van der Waals surface area (Å²) in [5.74, 6) is 1.75. The van der Waals surface area contributed by atoms with E-state index in [9.17, 15) is 18.3 Å². The number of amides is 1. The number of benzene rings is 2. The lowest BCUT2D eigenvalue weighted by molar-refractivity contribution is -0.00408. The van der Waals surface area contributed by atoms with Crippen LogP contribution in [0.3, 0.4) is 0 Å². The van der Waals surface area contributed by atoms with Gasteiger partial charge in [-0.05, 0) is 73.3 Å². The molecule has 5 rings (SSSR count). The third kappa shape index (κ3) is 6.93. The van der Waals surface area contributed by atoms with Crippen molar-refractivity contribution < 1.29 is 32.5 Å². The van der Waals surface area contributed by atoms with Crippen molar-refractivity contribution in [3.8, 4) is 5.75 Å². The van der Waals surface area contributed by atoms with Gasteiger partial charge in [0.05, 0.1) is 36.9 Å². The third-order valence-electron chi connectivity index (χ3n) is 9.01. The molecule has 0 bridgehead atoms. The number of rotatable bonds is 12. The van der Waals surface area contributed by atoms with Crippen molar-refractivity contribution >= 4 is 16.1 Å². The first-order valence-corrected chi connectivity index (χ1v) is 16.5. The van der Waals surface area contributed by atoms with Crippen molar-refractivity contribution in [2.75, 3.05) is 26.8 Å². The van der Waals surface area contributed by atoms with Gasteiger partial charge in [-0.25, -0.2) is 13.2 Å². The lowest BCUT2D eigenvalue weighted by Gasteiger charge is -2.33. The molecule has 2 saturated carbocycles. The molecule has 10 heteroatoms. The van der Waals surface area contributed by atoms with Crippen LogP contribution in [0.5, 0.6) is 5.75 Å². The summed E-state index contributed by atoms with van der Waals surface area (Å²) in [4.78, 5) is 13.4. The van der Waals surface area contributed by atoms with Crippen LogP contribution < -0.4 is 10.1 Å². The largest absolute Gasteiger partial charge is 0.497 e. The van der Waals surface area contributed by atoms with Crippen LogP contribution in [-0.4, -0.2) is 75.1 Å². The number of nitrogens with zero attached hydrogens (tertiary/aromatic N) is 1. The van der Waals surface area contributed by atoms with Crippen LogP contribution in [0.15, 0.2) is 59.5 Å². The van der Waals surface area contributed by atoms with Gasteiger partial charge in [-0.15, -0.1) is 0 Å². The first kappa shape index (κ1) is 30.8. The number of nitrogens with one attached hydrogen (secondary N) is 1. The molecule has 1 saturated heterocycles. The summed E-state index contributed by atoms with van der Waals surface area (Å²) >= 11 is 0. The Kier molecular flexibility index (Phi) is 9.77. The van der Waals surface area contributed by atoms with Gasteiger partial charge in [0.25, 0.3) is 0 Å². The fraction of sp³-hybridized carbons (Fsp3) is 0.594. The monoisotopic (exact) mass is 600 g/mol. The number of carbonyl (C=O) groups is 1. The van der Waals surface area contributed by atoms with E-state index in [4.69, 9.17) is 14.2 Å². The summed E-state index contributed by atoms with van der Waals surface area (Å²) in [6.45, 7) is 4.62. The standard InChI is InChI=1S/C32H44N2O7S/c1-21(2)18-34(42(37,38)25-14-12-24(39-3)13-15-25)19-28(35)27(16-22-8-5-4-6-9-22)33-32(36)41-30-17-23-20-40-29-11-7-10-26(30)31(23)29/h4-6,8-9,12-15,21,23,26-31,35H,7,10-11,16-20H2,1-3H3,(H,33,36)/t23-,26-,27-,28+,29-,30-,31?/m0/s1. The number of hydrogen-bond donors (Lipinski definition) is 2. The molecule has 1 aliphatic heterocycles. The maximum Gasteiger partial charge on any atom is 0.407 e. The zero-order chi connectivity index (χ0) is 29.9. The Labute approximate surface area is 249 Å². The highest BCUT2D eigenvalue weighted by atomic mass is 32.2. The average molecular weight is 601 g/mol. The Balaban J connectivity index is 1.31. The molecular weight excluding hydrogens is 556 g/mol. The Bertz CT molecular complexity index is 1290. The van der Waals surface area contributed by atoms with Gasteiger partial charge in [0.2, 0.25) is 10.0 Å². The second-order valence-electron chi connectivity index (χ2n) is 12.4. The van der Waals surface area contributed by atoms with E-state index >= 15 is 0 Å². The molecule has 230 valence electrons. The first-order valence-electron chi connectivity index (χ1n) is 15.1. The highest BCUT2D eigenvalue weighted by Crippen LogP contribution is 2.51. The molecule has 1 unspecified atom stereocenters. The lowest BCUT2D eigenvalue weighted by Crippen LogP contribution is -2.51. The van der Waals surface area contributed by atoms with Gasteiger partial charge in [0.15, 0.2) is 0 Å². The van der Waals surface area contributed by atoms with E-state index in [0.717, 1.165) is 37.9 Å². The molecule has 9 nitrogen and oxygen atoms in total. The summed E-state index contributed by atoms with van der Waals surface area (Å²) in [6, 6.07) is 15.0. The number of hydrogen-bond acceptors (Lipinski definition) is 7. The Hall–Kier alpha value is -2.66. The van der Waals surface area contributed by atoms with Crippen LogP contribution in [-0.2, 0) is 25.9 Å². The van der Waals surface area contributed by atoms with Crippen LogP contribution in [0.25, 0.3) is 0 Å². The second kappa shape index (κ2) is 13.3. The van der Waals surface area contributed by atoms with Crippen molar-refractivity contribution in [1.82, 2.24) is 9.62 Å². The van der Waals surface area contributed by atoms with Gasteiger partial charge in [-0.3, -0.25) is 0 Å². The quantitative estimate of drug-likeness (QED) is 0.375. The van der Waals surface area contributed by atoms with Gasteiger partial charge in [-0.2, -0.15) is 4.31 Å². The topological polar surface area (TPSA) is 114 Å². The Morgan fingerprint density at radius 2 is 1.83 bits per heavy atom. The molecule has 2 aromatic rings. The van der Waals surface area contributed by atoms with Crippen molar-refractivity contribution in [2.45, 2.75) is 75.2 Å². The van der Waals surface area contributed by atoms with E-state index in [2.05, 4.69) is 5.32 Å². The van der Waals surface area contributed by atoms with Crippen molar-refractivity contribution in [3.63, 3.8) is 0 Å². The van der Waals surface area contributed by atoms with Crippen LogP contribution in [0.1, 0.15) is 45.1 Å². The molecule has 1 heterocycles. The molecule has 7 atom stereocenters. The molecule has 3 fully saturated rings. The number of ether oxygens (including phenoxy) is 3. The van der Waals surface area contributed by atoms with Gasteiger partial charge >= 0.3 is 6.09 Å². The number of alkyl carbamates (subject to hydrolysis) is 1. The molecule has 42 heavy (non-hydrogen) atoms. The van der Waals surface area contributed by atoms with Crippen LogP contribution >= 0.6 is 0 Å². The summed E-state index contributed by atoms with van der Waals surface area (Å²) in [7, 11) is -2.40. The summed E-state index contributed by atoms with van der Waals surface area (Å²) < 4.78 is 45.9. The fourth-order valence-electron chi connectivity index (χ4n) is 7.07. The van der Waals surface area contributed by atoms with E-state index < -0.39 is 28.3 Å². The predicted octanol–water partition coefficient (Wildman–Crippen LogP) is 4.24. The van der Waals surface area contributed by atoms with E-state index in [1.165, 1.54) is 23.5 Å². The molecule has 2 aromatic carbocycles. The maximum absolute atomic E-state index is 13.7. The number of methoxy groups -OCH3 is 1. The molecule has 0 spiro atoms. The maximum atomic E-state index is 13.7. The number of sulfonamides is 1. The van der Waals surface area contributed by atoms with Gasteiger partial charge in [0, 0.05) is 19.0 Å². The summed E-state index contributed by atoms with van der Waals surface area (Å²) in [5, 5.41) is 14.4. The zero-order valence-corrected chi connectivity index (χ0v) is 25.5. The smallest absolute Gasteiger partial charge is 0.407 e. The molecular formula is C32H44N2O7S. The highest BCUT2D eigenvalue weighted by Gasteiger charge is 2.53. The third-order valence-corrected chi connectivity index (χ3v) is 10.9. The molecule has 2 N–H and O–H groups in total. The minimum atomic E-state index is -3.93. The molecule has 0 radical (unpaired) electrons. The fourth-order valence-corrected chi connectivity index (χ4v) is 8.70. The number of aliphatic hydroxyl groups excluding tert-OH is 1. The Morgan fingerprint density at radius 3 is 2.52 bits per heavy atom. The number of aliphatic hydroxyl groups is 1. The minimum absolute atomic E-state index is 0.0147. The second-order valence-corrected chi connectivity index (χ2v) is 14.3. The normalized spacial score (nSPS) is 26.6. The van der Waals surface area contributed by atoms with Crippen LogP contribution in [0.4, 0.5) is 4.79 Å². The zero-order valence-electron chi connectivity index (χ0n) is 24.7. The van der Waals surface area contributed by atoms with E-state index in [1.54, 1.807) is 12.1 Å². The lowest BCUT2D eigenvalue weighted by atomic mass is 9.77. The van der Waals surface area contributed by atoms with E-state index in [-0.39, 0.29) is 36.1 Å². The molecule has 3 aliphatic rings. The van der Waals surface area contributed by atoms with Gasteiger partial charge in [0.1, 0.15) is 11.9 Å². The van der Waals surface area contributed by atoms with Gasteiger partial charge < -0.3 is 24.6 Å². The van der Waals surface area contributed by atoms with Crippen molar-refractivity contribution in [3.05, 3.63) is 60.2 Å². The molecule has 2 aliphatic carbocycles. The molecule has 1 amide bonds. The van der Waals surface area contributed by atoms with Gasteiger partial charge in [-0.1, -0.05) is 50.6 Å². The van der Waals surface area contributed by atoms with Crippen LogP contribution in [0.2, 0.25) is 0 Å². The first-order chi connectivity index (χ1) is 20.2. The minimum Gasteiger partial charge on any atom is -0.497 e. The summed E-state index contributed by atoms with van der Waals surface area (Å²) in [6.07, 6.45) is 2.65. The summed E-state index contributed by atoms with van der Waals surface area (Å²) in [5.41, 5.74) is 0.915. The van der Waals surface area contributed by atoms with E-state index in [0.29, 0.717) is 29.9 Å². The van der Waals surface area contributed by atoms with Crippen molar-refractivity contribution in [1.29, 1.82) is 0 Å². The SMILES string of the molecule is COc1ccc(S(=O)(=O)N(CC(C)C)C[C@@H](O)[C@H](Cc2ccccc2)NC(=O)O[C@H]2C[C@H]3CO[C@H]4CCC[C@@H]2C34)cc1. The predicted molar refractivity (Wildman–Crippen MR) is 159 cm³/mol. The Morgan fingerprint density at radius 1 is 1.10 bits per heavy atom. The highest BCUT2D eigenvalue weighted by molar-refractivity contribution is 7.89. The van der Waals surface area contributed by atoms with Crippen molar-refractivity contribution in [2.24, 2.45) is 23.7 Å². The average Bonchev–Trinajstić information content (AvgIpc) is 3.55. The molecule has 0 aromatic heterocycles. The van der Waals surface area contributed by atoms with E-state index in [1.807, 2.05) is 44.2 Å². The van der Waals surface area contributed by atoms with Crippen LogP contribution in [0, 0.1) is 23.7 Å². The number of carbonyl (C=O) groups excluding carboxylic acids is 1.